The summed E-state index contributed by atoms with van der Waals surface area (Å²) >= 11 is 0. The molecule has 0 aromatic carbocycles. The van der Waals surface area contributed by atoms with Gasteiger partial charge in [0, 0.05) is 13.1 Å². The van der Waals surface area contributed by atoms with Gasteiger partial charge in [-0.2, -0.15) is 0 Å². The van der Waals surface area contributed by atoms with E-state index in [1.165, 1.54) is 19.3 Å². The van der Waals surface area contributed by atoms with Crippen LogP contribution in [0.15, 0.2) is 0 Å². The summed E-state index contributed by atoms with van der Waals surface area (Å²) in [5.41, 5.74) is 0. The monoisotopic (exact) mass is 320 g/mol. The molecular weight excluding hydrogens is 292 g/mol. The molecule has 0 aliphatic heterocycles. The smallest absolute Gasteiger partial charge is 0.317 e. The Morgan fingerprint density at radius 3 is 2.33 bits per heavy atom. The zero-order valence-electron chi connectivity index (χ0n) is 13.4. The van der Waals surface area contributed by atoms with E-state index in [4.69, 9.17) is 5.11 Å². The molecule has 1 amide bonds. The van der Waals surface area contributed by atoms with E-state index in [0.29, 0.717) is 18.5 Å². The lowest BCUT2D eigenvalue weighted by Gasteiger charge is -2.37. The lowest BCUT2D eigenvalue weighted by molar-refractivity contribution is -0.140. The predicted molar refractivity (Wildman–Crippen MR) is 85.8 cm³/mol. The summed E-state index contributed by atoms with van der Waals surface area (Å²) in [4.78, 5) is 26.7. The Balaban J connectivity index is 0.00000400. The Hall–Kier alpha value is -0.810. The normalized spacial score (nSPS) is 21.7. The number of amides is 1. The average molecular weight is 321 g/mol. The molecule has 2 unspecified atom stereocenters. The predicted octanol–water partition coefficient (Wildman–Crippen LogP) is 2.24. The summed E-state index contributed by atoms with van der Waals surface area (Å²) in [6.07, 6.45) is 5.53. The zero-order chi connectivity index (χ0) is 15.1. The molecule has 5 nitrogen and oxygen atoms in total. The summed E-state index contributed by atoms with van der Waals surface area (Å²) < 4.78 is 0. The molecule has 21 heavy (non-hydrogen) atoms. The molecule has 6 heteroatoms. The van der Waals surface area contributed by atoms with Crippen molar-refractivity contribution >= 4 is 24.3 Å². The number of hydrogen-bond donors (Lipinski definition) is 1. The van der Waals surface area contributed by atoms with Gasteiger partial charge in [-0.25, -0.2) is 0 Å². The molecule has 0 aromatic heterocycles. The van der Waals surface area contributed by atoms with Gasteiger partial charge < -0.3 is 10.0 Å². The second kappa shape index (κ2) is 10.0. The third-order valence-electron chi connectivity index (χ3n) is 4.21. The highest BCUT2D eigenvalue weighted by Crippen LogP contribution is 2.27. The molecular formula is C15H29ClN2O3. The summed E-state index contributed by atoms with van der Waals surface area (Å²) in [6.45, 7) is 4.99. The van der Waals surface area contributed by atoms with E-state index in [1.54, 1.807) is 4.90 Å². The summed E-state index contributed by atoms with van der Waals surface area (Å²) in [7, 11) is 1.86. The van der Waals surface area contributed by atoms with Crippen LogP contribution in [0.5, 0.6) is 0 Å². The highest BCUT2D eigenvalue weighted by atomic mass is 35.5. The van der Waals surface area contributed by atoms with E-state index in [-0.39, 0.29) is 31.4 Å². The van der Waals surface area contributed by atoms with Gasteiger partial charge in [0.1, 0.15) is 0 Å². The summed E-state index contributed by atoms with van der Waals surface area (Å²) in [5.74, 6) is -0.296. The number of carbonyl (C=O) groups excluding carboxylic acids is 1. The Bertz CT molecular complexity index is 339. The van der Waals surface area contributed by atoms with Crippen LogP contribution in [0.3, 0.4) is 0 Å². The van der Waals surface area contributed by atoms with Crippen LogP contribution in [0.4, 0.5) is 0 Å². The minimum absolute atomic E-state index is 0. The van der Waals surface area contributed by atoms with Gasteiger partial charge in [-0.1, -0.05) is 26.7 Å². The molecule has 1 aliphatic rings. The van der Waals surface area contributed by atoms with Gasteiger partial charge in [0.15, 0.2) is 0 Å². The van der Waals surface area contributed by atoms with Gasteiger partial charge >= 0.3 is 5.97 Å². The standard InChI is InChI=1S/C15H28N2O3.ClH/c1-4-9-17(11-15(19)20)10-14(18)16(3)13-8-6-5-7-12(13)2;/h12-13H,4-11H2,1-3H3,(H,19,20);1H. The van der Waals surface area contributed by atoms with Gasteiger partial charge in [0.25, 0.3) is 0 Å². The number of hydrogen-bond acceptors (Lipinski definition) is 3. The molecule has 1 saturated carbocycles. The number of carboxylic acids is 1. The number of likely N-dealkylation sites (N-methyl/N-ethyl adjacent to an activating group) is 1. The van der Waals surface area contributed by atoms with Crippen molar-refractivity contribution in [2.24, 2.45) is 5.92 Å². The van der Waals surface area contributed by atoms with Crippen LogP contribution in [0.1, 0.15) is 46.0 Å². The first kappa shape index (κ1) is 20.2. The molecule has 1 N–H and O–H groups in total. The van der Waals surface area contributed by atoms with E-state index in [0.717, 1.165) is 12.8 Å². The van der Waals surface area contributed by atoms with Crippen LogP contribution >= 0.6 is 12.4 Å². The molecule has 1 fully saturated rings. The maximum atomic E-state index is 12.3. The van der Waals surface area contributed by atoms with Crippen LogP contribution in [-0.4, -0.2) is 59.5 Å². The van der Waals surface area contributed by atoms with Crippen molar-refractivity contribution < 1.29 is 14.7 Å². The third kappa shape index (κ3) is 6.66. The third-order valence-corrected chi connectivity index (χ3v) is 4.21. The van der Waals surface area contributed by atoms with Crippen molar-refractivity contribution in [1.29, 1.82) is 0 Å². The highest BCUT2D eigenvalue weighted by molar-refractivity contribution is 5.85. The average Bonchev–Trinajstić information content (AvgIpc) is 2.38. The Morgan fingerprint density at radius 2 is 1.81 bits per heavy atom. The van der Waals surface area contributed by atoms with E-state index >= 15 is 0 Å². The Morgan fingerprint density at radius 1 is 1.19 bits per heavy atom. The molecule has 0 bridgehead atoms. The number of carbonyl (C=O) groups is 2. The van der Waals surface area contributed by atoms with E-state index in [2.05, 4.69) is 6.92 Å². The molecule has 2 atom stereocenters. The number of rotatable bonds is 7. The van der Waals surface area contributed by atoms with Crippen LogP contribution < -0.4 is 0 Å². The molecule has 1 aliphatic carbocycles. The van der Waals surface area contributed by atoms with Crippen molar-refractivity contribution in [3.63, 3.8) is 0 Å². The number of nitrogens with zero attached hydrogens (tertiary/aromatic N) is 2. The second-order valence-corrected chi connectivity index (χ2v) is 5.94. The first-order valence-electron chi connectivity index (χ1n) is 7.65. The van der Waals surface area contributed by atoms with E-state index in [1.807, 2.05) is 18.9 Å². The van der Waals surface area contributed by atoms with E-state index in [9.17, 15) is 9.59 Å². The lowest BCUT2D eigenvalue weighted by Crippen LogP contribution is -2.47. The fourth-order valence-electron chi connectivity index (χ4n) is 3.08. The SMILES string of the molecule is CCCN(CC(=O)O)CC(=O)N(C)C1CCCCC1C.Cl. The van der Waals surface area contributed by atoms with Crippen LogP contribution in [-0.2, 0) is 9.59 Å². The maximum Gasteiger partial charge on any atom is 0.317 e. The number of aliphatic carboxylic acids is 1. The van der Waals surface area contributed by atoms with Crippen LogP contribution in [0.25, 0.3) is 0 Å². The van der Waals surface area contributed by atoms with Crippen LogP contribution in [0.2, 0.25) is 0 Å². The fourth-order valence-corrected chi connectivity index (χ4v) is 3.08. The number of carboxylic acid groups (broad SMARTS) is 1. The van der Waals surface area contributed by atoms with Crippen molar-refractivity contribution in [3.05, 3.63) is 0 Å². The van der Waals surface area contributed by atoms with Crippen molar-refractivity contribution in [1.82, 2.24) is 9.80 Å². The second-order valence-electron chi connectivity index (χ2n) is 5.94. The zero-order valence-corrected chi connectivity index (χ0v) is 14.2. The van der Waals surface area contributed by atoms with Crippen LogP contribution in [0, 0.1) is 5.92 Å². The maximum absolute atomic E-state index is 12.3. The summed E-state index contributed by atoms with van der Waals surface area (Å²) in [6, 6.07) is 0.310. The fraction of sp³-hybridized carbons (Fsp3) is 0.867. The molecule has 0 saturated heterocycles. The number of halogens is 1. The molecule has 0 radical (unpaired) electrons. The first-order valence-corrected chi connectivity index (χ1v) is 7.65. The lowest BCUT2D eigenvalue weighted by atomic mass is 9.85. The minimum atomic E-state index is -0.875. The summed E-state index contributed by atoms with van der Waals surface area (Å²) in [5, 5.41) is 8.89. The van der Waals surface area contributed by atoms with E-state index < -0.39 is 5.97 Å². The van der Waals surface area contributed by atoms with Gasteiger partial charge in [0.05, 0.1) is 13.1 Å². The highest BCUT2D eigenvalue weighted by Gasteiger charge is 2.28. The topological polar surface area (TPSA) is 60.9 Å². The van der Waals surface area contributed by atoms with Crippen molar-refractivity contribution in [2.75, 3.05) is 26.7 Å². The molecule has 0 heterocycles. The Kier molecular flexibility index (Phi) is 9.62. The Labute approximate surface area is 134 Å². The van der Waals surface area contributed by atoms with Crippen molar-refractivity contribution in [2.45, 2.75) is 52.0 Å². The first-order chi connectivity index (χ1) is 9.45. The molecule has 0 aromatic rings. The minimum Gasteiger partial charge on any atom is -0.480 e. The van der Waals surface area contributed by atoms with Gasteiger partial charge in [-0.15, -0.1) is 12.4 Å². The largest absolute Gasteiger partial charge is 0.480 e. The quantitative estimate of drug-likeness (QED) is 0.781. The molecule has 124 valence electrons. The van der Waals surface area contributed by atoms with Gasteiger partial charge in [-0.05, 0) is 31.7 Å². The molecule has 1 rings (SSSR count). The van der Waals surface area contributed by atoms with Crippen molar-refractivity contribution in [3.8, 4) is 0 Å². The van der Waals surface area contributed by atoms with Gasteiger partial charge in [-0.3, -0.25) is 14.5 Å². The van der Waals surface area contributed by atoms with Gasteiger partial charge in [0.2, 0.25) is 5.91 Å². The molecule has 0 spiro atoms.